The first-order chi connectivity index (χ1) is 14.6. The van der Waals surface area contributed by atoms with Crippen molar-refractivity contribution in [3.63, 3.8) is 0 Å². The van der Waals surface area contributed by atoms with Gasteiger partial charge in [0, 0.05) is 6.54 Å². The van der Waals surface area contributed by atoms with E-state index in [2.05, 4.69) is 12.2 Å². The van der Waals surface area contributed by atoms with Crippen LogP contribution in [0.15, 0.2) is 60.7 Å². The predicted octanol–water partition coefficient (Wildman–Crippen LogP) is 5.07. The minimum atomic E-state index is -0.793. The number of nitrogens with zero attached hydrogens (tertiary/aromatic N) is 1. The molecule has 0 spiro atoms. The Hall–Kier alpha value is -3.35. The number of guanidine groups is 1. The lowest BCUT2D eigenvalue weighted by molar-refractivity contribution is 0.113. The summed E-state index contributed by atoms with van der Waals surface area (Å²) in [5, 5.41) is 10.5. The number of hydrogen-bond donors (Lipinski definition) is 2. The molecule has 0 radical (unpaired) electrons. The molecule has 160 valence electrons. The molecule has 0 aliphatic heterocycles. The molecule has 0 atom stereocenters. The molecule has 2 aromatic rings. The third-order valence-corrected chi connectivity index (χ3v) is 4.36. The Balaban J connectivity index is 1.89. The number of benzene rings is 2. The van der Waals surface area contributed by atoms with Crippen molar-refractivity contribution >= 4 is 18.1 Å². The summed E-state index contributed by atoms with van der Waals surface area (Å²) in [5.74, 6) is -0.359. The Morgan fingerprint density at radius 3 is 2.00 bits per heavy atom. The number of unbranched alkanes of at least 4 members (excludes halogenated alkanes) is 3. The molecule has 30 heavy (non-hydrogen) atoms. The summed E-state index contributed by atoms with van der Waals surface area (Å²) >= 11 is 0. The zero-order valence-electron chi connectivity index (χ0n) is 17.3. The van der Waals surface area contributed by atoms with Gasteiger partial charge in [0.25, 0.3) is 0 Å². The Labute approximate surface area is 177 Å². The first kappa shape index (κ1) is 22.9. The number of hydrogen-bond acceptors (Lipinski definition) is 5. The molecule has 2 N–H and O–H groups in total. The van der Waals surface area contributed by atoms with Crippen molar-refractivity contribution in [1.29, 1.82) is 5.41 Å². The quantitative estimate of drug-likeness (QED) is 0.342. The van der Waals surface area contributed by atoms with Crippen LogP contribution in [0, 0.1) is 5.41 Å². The van der Waals surface area contributed by atoms with Crippen LogP contribution in [-0.4, -0.2) is 29.6 Å². The minimum Gasteiger partial charge on any atom is -0.444 e. The SMILES string of the molecule is CCCCCCN(C(=N)NC(=O)OCc1ccccc1)C(=O)OCc1ccccc1. The Morgan fingerprint density at radius 2 is 1.43 bits per heavy atom. The number of carbonyl (C=O) groups excluding carboxylic acids is 2. The highest BCUT2D eigenvalue weighted by Gasteiger charge is 2.22. The fraction of sp³-hybridized carbons (Fsp3) is 0.348. The summed E-state index contributed by atoms with van der Waals surface area (Å²) in [6, 6.07) is 18.5. The van der Waals surface area contributed by atoms with Gasteiger partial charge >= 0.3 is 12.2 Å². The van der Waals surface area contributed by atoms with E-state index in [0.29, 0.717) is 6.42 Å². The molecule has 0 unspecified atom stereocenters. The van der Waals surface area contributed by atoms with E-state index in [9.17, 15) is 9.59 Å². The topological polar surface area (TPSA) is 91.7 Å². The van der Waals surface area contributed by atoms with Crippen LogP contribution >= 0.6 is 0 Å². The van der Waals surface area contributed by atoms with Gasteiger partial charge in [0.2, 0.25) is 5.96 Å². The van der Waals surface area contributed by atoms with Crippen molar-refractivity contribution in [1.82, 2.24) is 10.2 Å². The molecule has 0 bridgehead atoms. The molecule has 7 nitrogen and oxygen atoms in total. The summed E-state index contributed by atoms with van der Waals surface area (Å²) in [5.41, 5.74) is 1.68. The van der Waals surface area contributed by atoms with Gasteiger partial charge in [-0.25, -0.2) is 14.5 Å². The van der Waals surface area contributed by atoms with Crippen molar-refractivity contribution in [2.24, 2.45) is 0 Å². The second-order valence-corrected chi connectivity index (χ2v) is 6.79. The number of nitrogens with one attached hydrogen (secondary N) is 2. The summed E-state index contributed by atoms with van der Waals surface area (Å²) < 4.78 is 10.5. The number of carbonyl (C=O) groups is 2. The maximum absolute atomic E-state index is 12.6. The highest BCUT2D eigenvalue weighted by Crippen LogP contribution is 2.07. The van der Waals surface area contributed by atoms with E-state index in [1.165, 1.54) is 0 Å². The summed E-state index contributed by atoms with van der Waals surface area (Å²) in [4.78, 5) is 25.7. The van der Waals surface area contributed by atoms with E-state index in [1.807, 2.05) is 60.7 Å². The lowest BCUT2D eigenvalue weighted by atomic mass is 10.2. The molecule has 0 heterocycles. The fourth-order valence-electron chi connectivity index (χ4n) is 2.71. The molecule has 0 aliphatic carbocycles. The Morgan fingerprint density at radius 1 is 0.867 bits per heavy atom. The van der Waals surface area contributed by atoms with Gasteiger partial charge in [-0.15, -0.1) is 0 Å². The van der Waals surface area contributed by atoms with Crippen LogP contribution < -0.4 is 5.32 Å². The highest BCUT2D eigenvalue weighted by atomic mass is 16.6. The first-order valence-corrected chi connectivity index (χ1v) is 10.1. The second-order valence-electron chi connectivity index (χ2n) is 6.79. The molecule has 0 saturated heterocycles. The average molecular weight is 412 g/mol. The maximum atomic E-state index is 12.6. The zero-order chi connectivity index (χ0) is 21.6. The minimum absolute atomic E-state index is 0.0783. The second kappa shape index (κ2) is 13.0. The number of amides is 2. The molecular weight excluding hydrogens is 382 g/mol. The molecule has 7 heteroatoms. The Bertz CT molecular complexity index is 797. The Kier molecular flexibility index (Phi) is 9.92. The molecule has 2 rings (SSSR count). The van der Waals surface area contributed by atoms with Gasteiger partial charge in [-0.3, -0.25) is 10.7 Å². The van der Waals surface area contributed by atoms with Crippen molar-refractivity contribution in [3.05, 3.63) is 71.8 Å². The van der Waals surface area contributed by atoms with Gasteiger partial charge in [-0.1, -0.05) is 86.8 Å². The van der Waals surface area contributed by atoms with E-state index < -0.39 is 12.2 Å². The molecule has 2 amide bonds. The van der Waals surface area contributed by atoms with Crippen LogP contribution in [0.1, 0.15) is 43.7 Å². The van der Waals surface area contributed by atoms with Gasteiger partial charge in [-0.2, -0.15) is 0 Å². The van der Waals surface area contributed by atoms with Gasteiger partial charge in [0.05, 0.1) is 0 Å². The van der Waals surface area contributed by atoms with Crippen LogP contribution in [0.25, 0.3) is 0 Å². The average Bonchev–Trinajstić information content (AvgIpc) is 2.77. The summed E-state index contributed by atoms with van der Waals surface area (Å²) in [7, 11) is 0. The van der Waals surface area contributed by atoms with E-state index >= 15 is 0 Å². The number of alkyl carbamates (subject to hydrolysis) is 1. The van der Waals surface area contributed by atoms with Gasteiger partial charge in [0.1, 0.15) is 13.2 Å². The molecule has 0 saturated carbocycles. The third kappa shape index (κ3) is 8.34. The lowest BCUT2D eigenvalue weighted by Crippen LogP contribution is -2.47. The number of rotatable bonds is 9. The molecule has 0 aromatic heterocycles. The molecular formula is C23H29N3O4. The first-order valence-electron chi connectivity index (χ1n) is 10.1. The maximum Gasteiger partial charge on any atom is 0.416 e. The van der Waals surface area contributed by atoms with Crippen LogP contribution in [0.3, 0.4) is 0 Å². The molecule has 2 aromatic carbocycles. The summed E-state index contributed by atoms with van der Waals surface area (Å²) in [6.45, 7) is 2.55. The van der Waals surface area contributed by atoms with Crippen molar-refractivity contribution in [2.75, 3.05) is 6.54 Å². The zero-order valence-corrected chi connectivity index (χ0v) is 17.3. The van der Waals surface area contributed by atoms with Crippen molar-refractivity contribution < 1.29 is 19.1 Å². The predicted molar refractivity (Wildman–Crippen MR) is 115 cm³/mol. The van der Waals surface area contributed by atoms with Gasteiger partial charge in [-0.05, 0) is 17.5 Å². The van der Waals surface area contributed by atoms with E-state index in [4.69, 9.17) is 14.9 Å². The van der Waals surface area contributed by atoms with Gasteiger partial charge in [0.15, 0.2) is 0 Å². The largest absolute Gasteiger partial charge is 0.444 e. The summed E-state index contributed by atoms with van der Waals surface area (Å²) in [6.07, 6.45) is 2.25. The van der Waals surface area contributed by atoms with E-state index in [-0.39, 0.29) is 25.7 Å². The fourth-order valence-corrected chi connectivity index (χ4v) is 2.71. The normalized spacial score (nSPS) is 10.2. The van der Waals surface area contributed by atoms with E-state index in [0.717, 1.165) is 35.3 Å². The van der Waals surface area contributed by atoms with Crippen molar-refractivity contribution in [2.45, 2.75) is 45.8 Å². The van der Waals surface area contributed by atoms with E-state index in [1.54, 1.807) is 0 Å². The van der Waals surface area contributed by atoms with Crippen LogP contribution in [-0.2, 0) is 22.7 Å². The lowest BCUT2D eigenvalue weighted by Gasteiger charge is -2.22. The standard InChI is InChI=1S/C23H29N3O4/c1-2-3-4-11-16-26(23(28)30-18-20-14-9-6-10-15-20)21(24)25-22(27)29-17-19-12-7-5-8-13-19/h5-10,12-15H,2-4,11,16-18H2,1H3,(H2,24,25,27). The molecule has 0 fully saturated rings. The van der Waals surface area contributed by atoms with Crippen LogP contribution in [0.4, 0.5) is 9.59 Å². The van der Waals surface area contributed by atoms with Crippen LogP contribution in [0.5, 0.6) is 0 Å². The van der Waals surface area contributed by atoms with Gasteiger partial charge < -0.3 is 9.47 Å². The van der Waals surface area contributed by atoms with Crippen molar-refractivity contribution in [3.8, 4) is 0 Å². The highest BCUT2D eigenvalue weighted by molar-refractivity contribution is 5.99. The smallest absolute Gasteiger partial charge is 0.416 e. The molecule has 0 aliphatic rings. The number of ether oxygens (including phenoxy) is 2. The van der Waals surface area contributed by atoms with Crippen LogP contribution in [0.2, 0.25) is 0 Å². The monoisotopic (exact) mass is 411 g/mol. The third-order valence-electron chi connectivity index (χ3n) is 4.36.